The number of fused-ring (bicyclic) bond motifs is 3. The Morgan fingerprint density at radius 2 is 1.85 bits per heavy atom. The molecule has 0 saturated carbocycles. The first-order chi connectivity index (χ1) is 12.8. The minimum Gasteiger partial charge on any atom is -0.491 e. The zero-order chi connectivity index (χ0) is 19.5. The minimum absolute atomic E-state index is 0.0672. The minimum atomic E-state index is -0.399. The van der Waals surface area contributed by atoms with Crippen LogP contribution in [0.5, 0.6) is 5.75 Å². The van der Waals surface area contributed by atoms with Gasteiger partial charge in [-0.25, -0.2) is 4.79 Å². The number of imidazole rings is 2. The third-order valence-corrected chi connectivity index (χ3v) is 4.59. The molecule has 0 N–H and O–H groups in total. The molecule has 0 fully saturated rings. The van der Waals surface area contributed by atoms with E-state index in [0.717, 1.165) is 21.7 Å². The van der Waals surface area contributed by atoms with Gasteiger partial charge in [-0.2, -0.15) is 4.98 Å². The summed E-state index contributed by atoms with van der Waals surface area (Å²) in [5.74, 6) is 1.33. The highest BCUT2D eigenvalue weighted by Crippen LogP contribution is 2.24. The zero-order valence-corrected chi connectivity index (χ0v) is 15.9. The first kappa shape index (κ1) is 17.1. The van der Waals surface area contributed by atoms with Gasteiger partial charge in [-0.1, -0.05) is 6.07 Å². The number of nitrogens with zero attached hydrogens (tertiary/aromatic N) is 5. The van der Waals surface area contributed by atoms with Crippen molar-refractivity contribution in [2.45, 2.75) is 26.9 Å². The quantitative estimate of drug-likeness (QED) is 0.553. The van der Waals surface area contributed by atoms with E-state index in [1.54, 1.807) is 11.4 Å². The number of hydrogen-bond donors (Lipinski definition) is 0. The van der Waals surface area contributed by atoms with Crippen LogP contribution in [0.1, 0.15) is 19.5 Å². The monoisotopic (exact) mass is 367 g/mol. The molecule has 0 spiro atoms. The molecule has 140 valence electrons. The maximum Gasteiger partial charge on any atom is 0.332 e. The normalized spacial score (nSPS) is 11.8. The number of aromatic nitrogens is 5. The fourth-order valence-corrected chi connectivity index (χ4v) is 3.37. The van der Waals surface area contributed by atoms with Gasteiger partial charge < -0.3 is 4.74 Å². The van der Waals surface area contributed by atoms with Crippen molar-refractivity contribution in [1.82, 2.24) is 23.1 Å². The predicted octanol–water partition coefficient (Wildman–Crippen LogP) is 1.77. The van der Waals surface area contributed by atoms with Gasteiger partial charge in [-0.05, 0) is 32.9 Å². The molecule has 8 heteroatoms. The Bertz CT molecular complexity index is 1300. The second kappa shape index (κ2) is 5.87. The molecule has 3 aromatic heterocycles. The lowest BCUT2D eigenvalue weighted by molar-refractivity contribution is 0.242. The predicted molar refractivity (Wildman–Crippen MR) is 103 cm³/mol. The van der Waals surface area contributed by atoms with Gasteiger partial charge in [0.05, 0.1) is 11.8 Å². The van der Waals surface area contributed by atoms with Gasteiger partial charge in [0.2, 0.25) is 5.78 Å². The number of rotatable bonds is 3. The van der Waals surface area contributed by atoms with Crippen LogP contribution in [0.4, 0.5) is 0 Å². The van der Waals surface area contributed by atoms with E-state index in [9.17, 15) is 9.59 Å². The van der Waals surface area contributed by atoms with Gasteiger partial charge in [0, 0.05) is 32.1 Å². The summed E-state index contributed by atoms with van der Waals surface area (Å²) < 4.78 is 12.0. The van der Waals surface area contributed by atoms with E-state index in [0.29, 0.717) is 16.9 Å². The van der Waals surface area contributed by atoms with Crippen LogP contribution in [0.3, 0.4) is 0 Å². The standard InChI is InChI=1S/C19H21N5O3/c1-11(2)27-14-8-6-7-13(9-14)24-12(3)10-23-15-16(20-18(23)24)21(4)19(26)22(5)17(15)25/h6-11H,1-5H3. The van der Waals surface area contributed by atoms with Crippen LogP contribution in [0.2, 0.25) is 0 Å². The lowest BCUT2D eigenvalue weighted by Crippen LogP contribution is -2.37. The summed E-state index contributed by atoms with van der Waals surface area (Å²) in [6.07, 6.45) is 1.92. The van der Waals surface area contributed by atoms with Gasteiger partial charge in [-0.15, -0.1) is 0 Å². The molecular formula is C19H21N5O3. The third kappa shape index (κ3) is 2.48. The smallest absolute Gasteiger partial charge is 0.332 e. The summed E-state index contributed by atoms with van der Waals surface area (Å²) in [5, 5.41) is 0. The van der Waals surface area contributed by atoms with Crippen molar-refractivity contribution in [2.24, 2.45) is 14.1 Å². The molecule has 0 unspecified atom stereocenters. The summed E-state index contributed by atoms with van der Waals surface area (Å²) in [7, 11) is 3.09. The molecule has 8 nitrogen and oxygen atoms in total. The number of ether oxygens (including phenoxy) is 1. The molecule has 3 heterocycles. The summed E-state index contributed by atoms with van der Waals surface area (Å²) in [6, 6.07) is 7.71. The van der Waals surface area contributed by atoms with Crippen LogP contribution >= 0.6 is 0 Å². The molecule has 0 aliphatic rings. The third-order valence-electron chi connectivity index (χ3n) is 4.59. The first-order valence-electron chi connectivity index (χ1n) is 8.73. The molecule has 0 saturated heterocycles. The molecule has 0 aliphatic heterocycles. The fourth-order valence-electron chi connectivity index (χ4n) is 3.37. The van der Waals surface area contributed by atoms with Crippen molar-refractivity contribution in [2.75, 3.05) is 0 Å². The number of aryl methyl sites for hydroxylation is 2. The van der Waals surface area contributed by atoms with Crippen LogP contribution in [-0.2, 0) is 14.1 Å². The molecular weight excluding hydrogens is 346 g/mol. The maximum atomic E-state index is 12.7. The Morgan fingerprint density at radius 3 is 2.56 bits per heavy atom. The summed E-state index contributed by atoms with van der Waals surface area (Å²) in [6.45, 7) is 5.90. The van der Waals surface area contributed by atoms with Crippen LogP contribution < -0.4 is 16.0 Å². The molecule has 0 atom stereocenters. The Hall–Kier alpha value is -3.29. The van der Waals surface area contributed by atoms with Crippen LogP contribution in [0.15, 0.2) is 40.1 Å². The van der Waals surface area contributed by atoms with Crippen molar-refractivity contribution in [3.63, 3.8) is 0 Å². The van der Waals surface area contributed by atoms with Crippen LogP contribution in [0, 0.1) is 6.92 Å². The molecule has 0 amide bonds. The van der Waals surface area contributed by atoms with Crippen molar-refractivity contribution in [1.29, 1.82) is 0 Å². The molecule has 4 rings (SSSR count). The highest BCUT2D eigenvalue weighted by atomic mass is 16.5. The topological polar surface area (TPSA) is 75.5 Å². The Balaban J connectivity index is 2.05. The Morgan fingerprint density at radius 1 is 1.11 bits per heavy atom. The molecule has 0 bridgehead atoms. The maximum absolute atomic E-state index is 12.7. The van der Waals surface area contributed by atoms with Crippen LogP contribution in [-0.4, -0.2) is 29.2 Å². The lowest BCUT2D eigenvalue weighted by atomic mass is 10.3. The van der Waals surface area contributed by atoms with Gasteiger partial charge in [0.1, 0.15) is 5.75 Å². The van der Waals surface area contributed by atoms with Gasteiger partial charge in [0.15, 0.2) is 11.2 Å². The fraction of sp³-hybridized carbons (Fsp3) is 0.316. The highest BCUT2D eigenvalue weighted by Gasteiger charge is 2.19. The van der Waals surface area contributed by atoms with E-state index in [1.165, 1.54) is 11.6 Å². The first-order valence-corrected chi connectivity index (χ1v) is 8.73. The van der Waals surface area contributed by atoms with E-state index < -0.39 is 5.69 Å². The summed E-state index contributed by atoms with van der Waals surface area (Å²) in [5.41, 5.74) is 1.76. The van der Waals surface area contributed by atoms with E-state index in [4.69, 9.17) is 4.74 Å². The molecule has 1 aromatic carbocycles. The van der Waals surface area contributed by atoms with E-state index in [-0.39, 0.29) is 11.7 Å². The summed E-state index contributed by atoms with van der Waals surface area (Å²) in [4.78, 5) is 29.5. The highest BCUT2D eigenvalue weighted by molar-refractivity contribution is 5.76. The second-order valence-corrected chi connectivity index (χ2v) is 6.93. The number of benzene rings is 1. The Labute approximate surface area is 154 Å². The molecule has 0 aliphatic carbocycles. The van der Waals surface area contributed by atoms with E-state index in [2.05, 4.69) is 4.98 Å². The van der Waals surface area contributed by atoms with Gasteiger partial charge in [0.25, 0.3) is 5.56 Å². The van der Waals surface area contributed by atoms with Crippen molar-refractivity contribution in [3.8, 4) is 11.4 Å². The average Bonchev–Trinajstić information content (AvgIpc) is 3.12. The second-order valence-electron chi connectivity index (χ2n) is 6.93. The van der Waals surface area contributed by atoms with E-state index >= 15 is 0 Å². The van der Waals surface area contributed by atoms with Crippen LogP contribution in [0.25, 0.3) is 22.6 Å². The molecule has 27 heavy (non-hydrogen) atoms. The van der Waals surface area contributed by atoms with Crippen molar-refractivity contribution < 1.29 is 4.74 Å². The van der Waals surface area contributed by atoms with Crippen molar-refractivity contribution in [3.05, 3.63) is 57.0 Å². The number of hydrogen-bond acceptors (Lipinski definition) is 4. The van der Waals surface area contributed by atoms with Crippen molar-refractivity contribution >= 4 is 16.9 Å². The largest absolute Gasteiger partial charge is 0.491 e. The zero-order valence-electron chi connectivity index (χ0n) is 15.9. The van der Waals surface area contributed by atoms with Gasteiger partial charge >= 0.3 is 5.69 Å². The van der Waals surface area contributed by atoms with Gasteiger partial charge in [-0.3, -0.25) is 22.9 Å². The Kier molecular flexibility index (Phi) is 3.73. The average molecular weight is 367 g/mol. The SMILES string of the molecule is Cc1cn2c3c(=O)n(C)c(=O)n(C)c3nc2n1-c1cccc(OC(C)C)c1. The van der Waals surface area contributed by atoms with E-state index in [1.807, 2.05) is 55.8 Å². The molecule has 4 aromatic rings. The summed E-state index contributed by atoms with van der Waals surface area (Å²) >= 11 is 0. The lowest BCUT2D eigenvalue weighted by Gasteiger charge is -2.12. The molecule has 0 radical (unpaired) electrons.